The van der Waals surface area contributed by atoms with Gasteiger partial charge in [-0.3, -0.25) is 14.5 Å². The lowest BCUT2D eigenvalue weighted by atomic mass is 10.1. The number of nitrogens with zero attached hydrogens (tertiary/aromatic N) is 1. The quantitative estimate of drug-likeness (QED) is 0.816. The van der Waals surface area contributed by atoms with Crippen LogP contribution in [-0.4, -0.2) is 24.4 Å². The van der Waals surface area contributed by atoms with E-state index in [1.165, 1.54) is 13.8 Å². The lowest BCUT2D eigenvalue weighted by Gasteiger charge is -2.33. The van der Waals surface area contributed by atoms with Crippen LogP contribution in [-0.2, 0) is 9.59 Å². The van der Waals surface area contributed by atoms with Crippen LogP contribution in [0.3, 0.4) is 0 Å². The van der Waals surface area contributed by atoms with Crippen LogP contribution in [0.4, 0.5) is 14.5 Å². The van der Waals surface area contributed by atoms with E-state index in [2.05, 4.69) is 5.32 Å². The van der Waals surface area contributed by atoms with Crippen molar-refractivity contribution >= 4 is 17.5 Å². The molecule has 0 spiro atoms. The van der Waals surface area contributed by atoms with Crippen LogP contribution >= 0.6 is 0 Å². The Morgan fingerprint density at radius 1 is 1.28 bits per heavy atom. The highest BCUT2D eigenvalue weighted by Gasteiger charge is 2.33. The molecule has 1 fully saturated rings. The lowest BCUT2D eigenvalue weighted by Crippen LogP contribution is -2.57. The maximum absolute atomic E-state index is 13.8. The molecule has 1 aromatic carbocycles. The molecule has 0 aliphatic carbocycles. The Hall–Kier alpha value is -1.98. The molecule has 0 aromatic heterocycles. The van der Waals surface area contributed by atoms with E-state index in [0.717, 1.165) is 17.0 Å². The fraction of sp³-hybridized carbons (Fsp3) is 0.333. The minimum atomic E-state index is -0.858. The molecule has 0 bridgehead atoms. The van der Waals surface area contributed by atoms with E-state index in [4.69, 9.17) is 0 Å². The van der Waals surface area contributed by atoms with E-state index in [0.29, 0.717) is 0 Å². The summed E-state index contributed by atoms with van der Waals surface area (Å²) in [6, 6.07) is 1.09. The third-order valence-corrected chi connectivity index (χ3v) is 2.94. The number of aryl methyl sites for hydroxylation is 1. The Morgan fingerprint density at radius 2 is 1.94 bits per heavy atom. The summed E-state index contributed by atoms with van der Waals surface area (Å²) in [5, 5.41) is 2.38. The van der Waals surface area contributed by atoms with E-state index in [-0.39, 0.29) is 17.8 Å². The Morgan fingerprint density at radius 3 is 2.61 bits per heavy atom. The molecule has 1 heterocycles. The van der Waals surface area contributed by atoms with Gasteiger partial charge < -0.3 is 5.32 Å². The fourth-order valence-electron chi connectivity index (χ4n) is 1.89. The van der Waals surface area contributed by atoms with Crippen LogP contribution in [0.2, 0.25) is 0 Å². The maximum atomic E-state index is 13.8. The number of hydrogen-bond donors (Lipinski definition) is 1. The topological polar surface area (TPSA) is 49.4 Å². The summed E-state index contributed by atoms with van der Waals surface area (Å²) in [5.41, 5.74) is -0.0525. The average Bonchev–Trinajstić information content (AvgIpc) is 2.31. The normalized spacial score (nSPS) is 20.0. The highest BCUT2D eigenvalue weighted by atomic mass is 19.1. The van der Waals surface area contributed by atoms with E-state index in [1.54, 1.807) is 0 Å². The van der Waals surface area contributed by atoms with Crippen molar-refractivity contribution in [2.45, 2.75) is 19.9 Å². The standard InChI is InChI=1S/C12H12F2N2O2/c1-6-3-9(14)10(4-8(6)13)16-7(2)12(18)15-5-11(16)17/h3-4,7H,5H2,1-2H3,(H,15,18). The molecule has 1 atom stereocenters. The number of anilines is 1. The van der Waals surface area contributed by atoms with Crippen molar-refractivity contribution in [3.63, 3.8) is 0 Å². The summed E-state index contributed by atoms with van der Waals surface area (Å²) in [5.74, 6) is -2.19. The van der Waals surface area contributed by atoms with Crippen LogP contribution in [0.15, 0.2) is 12.1 Å². The van der Waals surface area contributed by atoms with Crippen LogP contribution in [0.1, 0.15) is 12.5 Å². The van der Waals surface area contributed by atoms with Crippen molar-refractivity contribution in [2.75, 3.05) is 11.4 Å². The van der Waals surface area contributed by atoms with Crippen molar-refractivity contribution < 1.29 is 18.4 Å². The van der Waals surface area contributed by atoms with Crippen molar-refractivity contribution in [1.82, 2.24) is 5.32 Å². The van der Waals surface area contributed by atoms with Gasteiger partial charge in [0.25, 0.3) is 0 Å². The fourth-order valence-corrected chi connectivity index (χ4v) is 1.89. The number of nitrogens with one attached hydrogen (secondary N) is 1. The number of piperazine rings is 1. The first kappa shape index (κ1) is 12.5. The SMILES string of the molecule is Cc1cc(F)c(N2C(=O)CNC(=O)C2C)cc1F. The largest absolute Gasteiger partial charge is 0.345 e. The van der Waals surface area contributed by atoms with Crippen molar-refractivity contribution in [1.29, 1.82) is 0 Å². The summed E-state index contributed by atoms with van der Waals surface area (Å²) >= 11 is 0. The first-order valence-corrected chi connectivity index (χ1v) is 5.47. The lowest BCUT2D eigenvalue weighted by molar-refractivity contribution is -0.130. The molecule has 1 unspecified atom stereocenters. The van der Waals surface area contributed by atoms with Crippen LogP contribution in [0, 0.1) is 18.6 Å². The third kappa shape index (κ3) is 1.94. The summed E-state index contributed by atoms with van der Waals surface area (Å²) in [7, 11) is 0. The van der Waals surface area contributed by atoms with Gasteiger partial charge in [-0.1, -0.05) is 0 Å². The summed E-state index contributed by atoms with van der Waals surface area (Å²) in [6.07, 6.45) is 0. The molecule has 96 valence electrons. The zero-order valence-corrected chi connectivity index (χ0v) is 9.96. The molecule has 1 aromatic rings. The monoisotopic (exact) mass is 254 g/mol. The van der Waals surface area contributed by atoms with Gasteiger partial charge in [0.2, 0.25) is 11.8 Å². The second-order valence-corrected chi connectivity index (χ2v) is 4.21. The second-order valence-electron chi connectivity index (χ2n) is 4.21. The highest BCUT2D eigenvalue weighted by molar-refractivity contribution is 6.06. The van der Waals surface area contributed by atoms with Gasteiger partial charge in [0.1, 0.15) is 17.7 Å². The molecule has 0 saturated carbocycles. The molecule has 1 N–H and O–H groups in total. The van der Waals surface area contributed by atoms with Gasteiger partial charge in [0, 0.05) is 6.07 Å². The van der Waals surface area contributed by atoms with Gasteiger partial charge in [-0.25, -0.2) is 8.78 Å². The molecule has 0 radical (unpaired) electrons. The average molecular weight is 254 g/mol. The first-order chi connectivity index (χ1) is 8.41. The minimum absolute atomic E-state index is 0.151. The molecule has 18 heavy (non-hydrogen) atoms. The number of hydrogen-bond acceptors (Lipinski definition) is 2. The number of amides is 2. The molecule has 1 aliphatic heterocycles. The van der Waals surface area contributed by atoms with Gasteiger partial charge in [0.15, 0.2) is 0 Å². The Labute approximate surface area is 103 Å². The van der Waals surface area contributed by atoms with Gasteiger partial charge in [-0.05, 0) is 25.5 Å². The van der Waals surface area contributed by atoms with Crippen molar-refractivity contribution in [2.24, 2.45) is 0 Å². The van der Waals surface area contributed by atoms with Crippen molar-refractivity contribution in [3.8, 4) is 0 Å². The smallest absolute Gasteiger partial charge is 0.247 e. The van der Waals surface area contributed by atoms with E-state index >= 15 is 0 Å². The summed E-state index contributed by atoms with van der Waals surface area (Å²) in [4.78, 5) is 24.2. The molecule has 6 heteroatoms. The molecule has 2 amide bonds. The molecule has 2 rings (SSSR count). The Balaban J connectivity index is 2.49. The predicted molar refractivity (Wildman–Crippen MR) is 61.1 cm³/mol. The van der Waals surface area contributed by atoms with E-state index < -0.39 is 29.5 Å². The third-order valence-electron chi connectivity index (χ3n) is 2.94. The molecule has 4 nitrogen and oxygen atoms in total. The van der Waals surface area contributed by atoms with Crippen LogP contribution in [0.25, 0.3) is 0 Å². The van der Waals surface area contributed by atoms with Gasteiger partial charge >= 0.3 is 0 Å². The van der Waals surface area contributed by atoms with Gasteiger partial charge in [-0.2, -0.15) is 0 Å². The number of carbonyl (C=O) groups is 2. The number of rotatable bonds is 1. The maximum Gasteiger partial charge on any atom is 0.247 e. The zero-order chi connectivity index (χ0) is 13.4. The van der Waals surface area contributed by atoms with Crippen molar-refractivity contribution in [3.05, 3.63) is 29.3 Å². The minimum Gasteiger partial charge on any atom is -0.345 e. The van der Waals surface area contributed by atoms with Crippen LogP contribution < -0.4 is 10.2 Å². The summed E-state index contributed by atoms with van der Waals surface area (Å²) in [6.45, 7) is 2.68. The highest BCUT2D eigenvalue weighted by Crippen LogP contribution is 2.26. The number of benzene rings is 1. The zero-order valence-electron chi connectivity index (χ0n) is 9.96. The van der Waals surface area contributed by atoms with E-state index in [1.807, 2.05) is 0 Å². The molecule has 1 saturated heterocycles. The Bertz CT molecular complexity index is 531. The number of halogens is 2. The Kier molecular flexibility index (Phi) is 3.02. The first-order valence-electron chi connectivity index (χ1n) is 5.47. The molecule has 1 aliphatic rings. The van der Waals surface area contributed by atoms with Gasteiger partial charge in [-0.15, -0.1) is 0 Å². The van der Waals surface area contributed by atoms with E-state index in [9.17, 15) is 18.4 Å². The summed E-state index contributed by atoms with van der Waals surface area (Å²) < 4.78 is 27.3. The van der Waals surface area contributed by atoms with Gasteiger partial charge in [0.05, 0.1) is 12.2 Å². The molecular formula is C12H12F2N2O2. The molecular weight excluding hydrogens is 242 g/mol. The number of carbonyl (C=O) groups excluding carboxylic acids is 2. The predicted octanol–water partition coefficient (Wildman–Crippen LogP) is 1.12. The van der Waals surface area contributed by atoms with Crippen LogP contribution in [0.5, 0.6) is 0 Å². The second kappa shape index (κ2) is 4.36.